The Hall–Kier alpha value is -4.27. The number of carbonyl (C=O) groups excluding carboxylic acids is 1. The number of aromatic amines is 1. The highest BCUT2D eigenvalue weighted by Gasteiger charge is 2.27. The van der Waals surface area contributed by atoms with Crippen LogP contribution in [0.5, 0.6) is 0 Å². The van der Waals surface area contributed by atoms with Crippen LogP contribution in [0.3, 0.4) is 0 Å². The van der Waals surface area contributed by atoms with Crippen LogP contribution in [-0.4, -0.2) is 35.9 Å². The third-order valence-electron chi connectivity index (χ3n) is 7.85. The number of nitrogens with one attached hydrogen (secondary N) is 2. The number of nitrogens with zero attached hydrogens (tertiary/aromatic N) is 5. The summed E-state index contributed by atoms with van der Waals surface area (Å²) in [6.45, 7) is 12.2. The van der Waals surface area contributed by atoms with Gasteiger partial charge in [0.05, 0.1) is 17.4 Å². The average Bonchev–Trinajstić information content (AvgIpc) is 3.65. The Morgan fingerprint density at radius 2 is 1.95 bits per heavy atom. The number of rotatable bonds is 5. The molecule has 212 valence electrons. The van der Waals surface area contributed by atoms with Crippen LogP contribution in [0.1, 0.15) is 99.4 Å². The Labute approximate surface area is 239 Å². The first kappa shape index (κ1) is 26.9. The van der Waals surface area contributed by atoms with E-state index in [4.69, 9.17) is 4.42 Å². The molecule has 0 saturated carbocycles. The van der Waals surface area contributed by atoms with Crippen molar-refractivity contribution < 1.29 is 9.21 Å². The minimum atomic E-state index is -0.332. The number of aromatic nitrogens is 6. The molecule has 0 saturated heterocycles. The number of fused-ring (bicyclic) bond motifs is 2. The number of carbonyl (C=O) groups is 1. The first-order valence-electron chi connectivity index (χ1n) is 14.4. The molecule has 0 unspecified atom stereocenters. The van der Waals surface area contributed by atoms with E-state index >= 15 is 0 Å². The molecule has 6 rings (SSSR count). The summed E-state index contributed by atoms with van der Waals surface area (Å²) in [7, 11) is 0. The quantitative estimate of drug-likeness (QED) is 0.231. The van der Waals surface area contributed by atoms with Gasteiger partial charge in [0, 0.05) is 34.8 Å². The van der Waals surface area contributed by atoms with Gasteiger partial charge in [0.25, 0.3) is 0 Å². The third-order valence-corrected chi connectivity index (χ3v) is 7.85. The second-order valence-corrected chi connectivity index (χ2v) is 12.4. The number of amides is 1. The standard InChI is InChI=1S/C32H37N7O2/c1-18(2)39-17-25(19(3)38-39)27-16-24-22(13-14-33-28(24)34-27)21-11-12-23-20(15-21)9-7-8-10-26(23)35-29(40)30-36-37-31(41-30)32(4,5)6/h11-18,26H,7-10H2,1-6H3,(H,33,34)(H,35,40)/t26-/m0/s1. The number of pyridine rings is 1. The first-order chi connectivity index (χ1) is 19.6. The molecule has 9 heteroatoms. The second-order valence-electron chi connectivity index (χ2n) is 12.4. The van der Waals surface area contributed by atoms with Crippen LogP contribution in [-0.2, 0) is 11.8 Å². The van der Waals surface area contributed by atoms with E-state index in [9.17, 15) is 4.79 Å². The van der Waals surface area contributed by atoms with Gasteiger partial charge < -0.3 is 14.7 Å². The fourth-order valence-corrected chi connectivity index (χ4v) is 5.57. The molecule has 1 atom stereocenters. The van der Waals surface area contributed by atoms with Crippen molar-refractivity contribution in [1.29, 1.82) is 0 Å². The Morgan fingerprint density at radius 3 is 2.68 bits per heavy atom. The van der Waals surface area contributed by atoms with Crippen LogP contribution in [0.15, 0.2) is 47.1 Å². The van der Waals surface area contributed by atoms with Crippen LogP contribution in [0.25, 0.3) is 33.4 Å². The molecule has 9 nitrogen and oxygen atoms in total. The van der Waals surface area contributed by atoms with E-state index in [2.05, 4.69) is 81.0 Å². The summed E-state index contributed by atoms with van der Waals surface area (Å²) in [4.78, 5) is 21.2. The van der Waals surface area contributed by atoms with Crippen LogP contribution in [0.2, 0.25) is 0 Å². The minimum absolute atomic E-state index is 0.00829. The molecule has 1 aliphatic rings. The van der Waals surface area contributed by atoms with E-state index in [0.29, 0.717) is 11.9 Å². The lowest BCUT2D eigenvalue weighted by atomic mass is 9.93. The summed E-state index contributed by atoms with van der Waals surface area (Å²) < 4.78 is 7.69. The molecular formula is C32H37N7O2. The maximum Gasteiger partial charge on any atom is 0.309 e. The number of benzene rings is 1. The average molecular weight is 552 g/mol. The van der Waals surface area contributed by atoms with E-state index in [-0.39, 0.29) is 23.3 Å². The number of hydrogen-bond donors (Lipinski definition) is 2. The van der Waals surface area contributed by atoms with E-state index in [1.54, 1.807) is 0 Å². The Balaban J connectivity index is 1.31. The van der Waals surface area contributed by atoms with Gasteiger partial charge in [-0.2, -0.15) is 5.10 Å². The lowest BCUT2D eigenvalue weighted by molar-refractivity contribution is 0.0896. The Bertz CT molecular complexity index is 1730. The van der Waals surface area contributed by atoms with Crippen molar-refractivity contribution in [3.63, 3.8) is 0 Å². The summed E-state index contributed by atoms with van der Waals surface area (Å²) >= 11 is 0. The lowest BCUT2D eigenvalue weighted by Crippen LogP contribution is -2.29. The molecule has 41 heavy (non-hydrogen) atoms. The monoisotopic (exact) mass is 551 g/mol. The zero-order valence-corrected chi connectivity index (χ0v) is 24.6. The summed E-state index contributed by atoms with van der Waals surface area (Å²) in [5.74, 6) is 0.129. The highest BCUT2D eigenvalue weighted by atomic mass is 16.4. The predicted molar refractivity (Wildman–Crippen MR) is 159 cm³/mol. The zero-order chi connectivity index (χ0) is 28.9. The van der Waals surface area contributed by atoms with Crippen molar-refractivity contribution in [1.82, 2.24) is 35.3 Å². The smallest absolute Gasteiger partial charge is 0.309 e. The number of hydrogen-bond acceptors (Lipinski definition) is 6. The van der Waals surface area contributed by atoms with Gasteiger partial charge in [-0.25, -0.2) is 4.98 Å². The summed E-state index contributed by atoms with van der Waals surface area (Å²) in [6, 6.07) is 11.0. The molecule has 2 N–H and O–H groups in total. The normalized spacial score (nSPS) is 15.7. The number of H-pyrrole nitrogens is 1. The maximum atomic E-state index is 13.1. The Morgan fingerprint density at radius 1 is 1.12 bits per heavy atom. The first-order valence-corrected chi connectivity index (χ1v) is 14.4. The van der Waals surface area contributed by atoms with Gasteiger partial charge in [-0.15, -0.1) is 10.2 Å². The SMILES string of the molecule is Cc1nn(C(C)C)cc1-c1cc2c(-c3ccc4c(c3)CCCC[C@@H]4NC(=O)c3nnc(C(C)(C)C)o3)ccnc2[nH]1. The molecule has 1 amide bonds. The topological polar surface area (TPSA) is 115 Å². The van der Waals surface area contributed by atoms with Crippen molar-refractivity contribution in [2.75, 3.05) is 0 Å². The van der Waals surface area contributed by atoms with Crippen molar-refractivity contribution in [2.24, 2.45) is 0 Å². The van der Waals surface area contributed by atoms with E-state index in [0.717, 1.165) is 70.4 Å². The number of aryl methyl sites for hydroxylation is 2. The summed E-state index contributed by atoms with van der Waals surface area (Å²) in [6.07, 6.45) is 7.87. The van der Waals surface area contributed by atoms with Gasteiger partial charge in [-0.3, -0.25) is 9.48 Å². The van der Waals surface area contributed by atoms with Gasteiger partial charge in [0.2, 0.25) is 5.89 Å². The van der Waals surface area contributed by atoms with Gasteiger partial charge in [0.15, 0.2) is 0 Å². The minimum Gasteiger partial charge on any atom is -0.416 e. The predicted octanol–water partition coefficient (Wildman–Crippen LogP) is 6.86. The summed E-state index contributed by atoms with van der Waals surface area (Å²) in [5, 5.41) is 17.0. The fourth-order valence-electron chi connectivity index (χ4n) is 5.57. The van der Waals surface area contributed by atoms with E-state index in [1.165, 1.54) is 5.56 Å². The molecule has 0 spiro atoms. The van der Waals surface area contributed by atoms with Gasteiger partial charge >= 0.3 is 11.8 Å². The molecule has 4 heterocycles. The zero-order valence-electron chi connectivity index (χ0n) is 24.6. The molecule has 0 aliphatic heterocycles. The molecular weight excluding hydrogens is 514 g/mol. The second kappa shape index (κ2) is 10.3. The van der Waals surface area contributed by atoms with E-state index in [1.807, 2.05) is 38.6 Å². The highest BCUT2D eigenvalue weighted by molar-refractivity contribution is 5.96. The molecule has 5 aromatic rings. The van der Waals surface area contributed by atoms with Crippen LogP contribution in [0, 0.1) is 6.92 Å². The molecule has 1 aliphatic carbocycles. The maximum absolute atomic E-state index is 13.1. The Kier molecular flexibility index (Phi) is 6.76. The van der Waals surface area contributed by atoms with Crippen molar-refractivity contribution >= 4 is 16.9 Å². The molecule has 1 aromatic carbocycles. The lowest BCUT2D eigenvalue weighted by Gasteiger charge is -2.19. The van der Waals surface area contributed by atoms with Gasteiger partial charge in [0.1, 0.15) is 5.65 Å². The van der Waals surface area contributed by atoms with Crippen molar-refractivity contribution in [2.45, 2.75) is 84.7 Å². The van der Waals surface area contributed by atoms with Gasteiger partial charge in [-0.05, 0) is 74.4 Å². The van der Waals surface area contributed by atoms with E-state index < -0.39 is 0 Å². The molecule has 4 aromatic heterocycles. The van der Waals surface area contributed by atoms with Crippen LogP contribution >= 0.6 is 0 Å². The van der Waals surface area contributed by atoms with Crippen LogP contribution in [0.4, 0.5) is 0 Å². The molecule has 0 bridgehead atoms. The van der Waals surface area contributed by atoms with Crippen molar-refractivity contribution in [3.8, 4) is 22.4 Å². The fraction of sp³-hybridized carbons (Fsp3) is 0.406. The summed E-state index contributed by atoms with van der Waals surface area (Å²) in [5.41, 5.74) is 8.27. The van der Waals surface area contributed by atoms with Crippen LogP contribution < -0.4 is 5.32 Å². The molecule has 0 radical (unpaired) electrons. The molecule has 0 fully saturated rings. The largest absolute Gasteiger partial charge is 0.416 e. The van der Waals surface area contributed by atoms with Gasteiger partial charge in [-0.1, -0.05) is 45.4 Å². The highest BCUT2D eigenvalue weighted by Crippen LogP contribution is 2.36. The third kappa shape index (κ3) is 5.16. The van der Waals surface area contributed by atoms with Crippen molar-refractivity contribution in [3.05, 3.63) is 71.3 Å².